The zero-order chi connectivity index (χ0) is 36.1. The Labute approximate surface area is 287 Å². The van der Waals surface area contributed by atoms with Crippen LogP contribution in [0.1, 0.15) is 85.8 Å². The van der Waals surface area contributed by atoms with E-state index in [1.165, 1.54) is 12.0 Å². The third-order valence-corrected chi connectivity index (χ3v) is 8.53. The maximum absolute atomic E-state index is 13.0. The van der Waals surface area contributed by atoms with Gasteiger partial charge in [0, 0.05) is 12.5 Å². The molecule has 14 nitrogen and oxygen atoms in total. The van der Waals surface area contributed by atoms with E-state index in [0.29, 0.717) is 34.8 Å². The Morgan fingerprint density at radius 2 is 1.73 bits per heavy atom. The van der Waals surface area contributed by atoms with Gasteiger partial charge in [-0.05, 0) is 69.9 Å². The van der Waals surface area contributed by atoms with Crippen molar-refractivity contribution in [3.8, 4) is 11.6 Å². The van der Waals surface area contributed by atoms with Crippen molar-refractivity contribution in [1.82, 2.24) is 20.2 Å². The minimum atomic E-state index is -1.10. The average molecular weight is 687 g/mol. The fraction of sp³-hybridized carbons (Fsp3) is 0.657. The number of carbonyl (C=O) groups is 4. The smallest absolute Gasteiger partial charge is 0.411 e. The van der Waals surface area contributed by atoms with Gasteiger partial charge in [-0.1, -0.05) is 33.6 Å². The number of aromatic nitrogens is 2. The van der Waals surface area contributed by atoms with Crippen molar-refractivity contribution >= 4 is 35.2 Å². The molecule has 4 rings (SSSR count). The van der Waals surface area contributed by atoms with Gasteiger partial charge < -0.3 is 34.1 Å². The predicted octanol–water partition coefficient (Wildman–Crippen LogP) is 5.29. The van der Waals surface area contributed by atoms with E-state index < -0.39 is 53.3 Å². The number of fused-ring (bicyclic) bond motifs is 1. The molecule has 2 aromatic rings. The van der Waals surface area contributed by atoms with Crippen LogP contribution < -0.4 is 14.8 Å². The van der Waals surface area contributed by atoms with Crippen LogP contribution in [0, 0.1) is 11.3 Å². The standard InChI is InChI=1S/C35H50N4O10/c1-34(2,3)28(30(40)41)38-32(43)48-27-16-20(27)12-10-9-11-13-24-29(37-25-17-21(45-7)14-15-23(25)36-24)47-22-18-26(31(42)46-8)39(19-22)33(44)49-35(4,5)6/h14-15,17,20,22,26-28H,9-13,16,18-19H2,1-8H3,(H,38,43)(H,40,41)/t20-,22+,26-,27-,28+/m0/s1. The van der Waals surface area contributed by atoms with Gasteiger partial charge in [0.1, 0.15) is 41.3 Å². The highest BCUT2D eigenvalue weighted by Crippen LogP contribution is 2.38. The minimum Gasteiger partial charge on any atom is -0.497 e. The summed E-state index contributed by atoms with van der Waals surface area (Å²) in [7, 11) is 2.85. The molecular formula is C35H50N4O10. The highest BCUT2D eigenvalue weighted by Gasteiger charge is 2.44. The molecule has 1 aliphatic carbocycles. The maximum Gasteiger partial charge on any atom is 0.411 e. The summed E-state index contributed by atoms with van der Waals surface area (Å²) in [5.41, 5.74) is 0.547. The number of ether oxygens (including phenoxy) is 5. The van der Waals surface area contributed by atoms with Crippen LogP contribution in [-0.4, -0.2) is 94.8 Å². The number of alkyl carbamates (subject to hydrolysis) is 1. The van der Waals surface area contributed by atoms with Crippen molar-refractivity contribution in [2.45, 2.75) is 116 Å². The first-order valence-electron chi connectivity index (χ1n) is 16.8. The van der Waals surface area contributed by atoms with Crippen molar-refractivity contribution in [2.75, 3.05) is 20.8 Å². The van der Waals surface area contributed by atoms with Crippen molar-refractivity contribution in [1.29, 1.82) is 0 Å². The predicted molar refractivity (Wildman–Crippen MR) is 178 cm³/mol. The number of aryl methyl sites for hydroxylation is 1. The number of hydrogen-bond donors (Lipinski definition) is 2. The van der Waals surface area contributed by atoms with Crippen molar-refractivity contribution in [2.24, 2.45) is 11.3 Å². The Kier molecular flexibility index (Phi) is 11.8. The van der Waals surface area contributed by atoms with Gasteiger partial charge in [0.2, 0.25) is 5.88 Å². The van der Waals surface area contributed by atoms with Gasteiger partial charge in [0.25, 0.3) is 0 Å². The second-order valence-electron chi connectivity index (χ2n) is 14.8. The Morgan fingerprint density at radius 3 is 2.37 bits per heavy atom. The summed E-state index contributed by atoms with van der Waals surface area (Å²) in [6.07, 6.45) is 2.95. The second-order valence-corrected chi connectivity index (χ2v) is 14.8. The summed E-state index contributed by atoms with van der Waals surface area (Å²) < 4.78 is 27.7. The molecule has 2 amide bonds. The van der Waals surface area contributed by atoms with Gasteiger partial charge in [-0.2, -0.15) is 0 Å². The maximum atomic E-state index is 13.0. The van der Waals surface area contributed by atoms with Crippen molar-refractivity contribution in [3.63, 3.8) is 0 Å². The number of carboxylic acid groups (broad SMARTS) is 1. The number of carboxylic acids is 1. The number of aliphatic carboxylic acids is 1. The number of likely N-dealkylation sites (tertiary alicyclic amines) is 1. The number of unbranched alkanes of at least 4 members (excludes halogenated alkanes) is 2. The second kappa shape index (κ2) is 15.5. The summed E-state index contributed by atoms with van der Waals surface area (Å²) in [6, 6.07) is 3.53. The van der Waals surface area contributed by atoms with E-state index in [4.69, 9.17) is 33.7 Å². The molecule has 2 N–H and O–H groups in total. The quantitative estimate of drug-likeness (QED) is 0.159. The normalized spacial score (nSPS) is 21.1. The van der Waals surface area contributed by atoms with Gasteiger partial charge >= 0.3 is 24.1 Å². The Balaban J connectivity index is 1.36. The molecule has 1 aromatic heterocycles. The van der Waals surface area contributed by atoms with Gasteiger partial charge in [-0.3, -0.25) is 4.90 Å². The monoisotopic (exact) mass is 686 g/mol. The molecule has 1 aromatic carbocycles. The molecule has 1 saturated carbocycles. The molecule has 14 heteroatoms. The first kappa shape index (κ1) is 37.5. The SMILES string of the molecule is COC(=O)[C@@H]1C[C@@H](Oc2nc3cc(OC)ccc3nc2CCCCC[C@H]2C[C@@H]2OC(=O)N[C@H](C(=O)O)C(C)(C)C)CN1C(=O)OC(C)(C)C. The summed E-state index contributed by atoms with van der Waals surface area (Å²) >= 11 is 0. The highest BCUT2D eigenvalue weighted by atomic mass is 16.6. The molecule has 49 heavy (non-hydrogen) atoms. The summed E-state index contributed by atoms with van der Waals surface area (Å²) in [4.78, 5) is 60.4. The van der Waals surface area contributed by atoms with E-state index in [2.05, 4.69) is 5.32 Å². The third-order valence-electron chi connectivity index (χ3n) is 8.53. The summed E-state index contributed by atoms with van der Waals surface area (Å²) in [6.45, 7) is 10.6. The summed E-state index contributed by atoms with van der Waals surface area (Å²) in [5, 5.41) is 11.9. The van der Waals surface area contributed by atoms with Gasteiger partial charge in [-0.25, -0.2) is 29.1 Å². The molecule has 0 unspecified atom stereocenters. The molecule has 2 heterocycles. The number of rotatable bonds is 13. The topological polar surface area (TPSA) is 176 Å². The lowest BCUT2D eigenvalue weighted by Crippen LogP contribution is -2.49. The van der Waals surface area contributed by atoms with Crippen LogP contribution in [0.5, 0.6) is 11.6 Å². The molecule has 1 aliphatic heterocycles. The number of esters is 1. The van der Waals surface area contributed by atoms with Crippen LogP contribution in [-0.2, 0) is 30.2 Å². The molecule has 0 bridgehead atoms. The van der Waals surface area contributed by atoms with E-state index in [1.54, 1.807) is 54.7 Å². The first-order valence-corrected chi connectivity index (χ1v) is 16.8. The molecule has 2 aliphatic rings. The number of nitrogens with zero attached hydrogens (tertiary/aromatic N) is 3. The highest BCUT2D eigenvalue weighted by molar-refractivity contribution is 5.82. The van der Waals surface area contributed by atoms with Crippen LogP contribution in [0.2, 0.25) is 0 Å². The van der Waals surface area contributed by atoms with Crippen LogP contribution in [0.15, 0.2) is 18.2 Å². The Bertz CT molecular complexity index is 1520. The fourth-order valence-electron chi connectivity index (χ4n) is 5.84. The molecular weight excluding hydrogens is 636 g/mol. The van der Waals surface area contributed by atoms with E-state index in [9.17, 15) is 24.3 Å². The van der Waals surface area contributed by atoms with Gasteiger partial charge in [0.15, 0.2) is 0 Å². The first-order chi connectivity index (χ1) is 23.0. The van der Waals surface area contributed by atoms with E-state index in [0.717, 1.165) is 32.1 Å². The van der Waals surface area contributed by atoms with E-state index in [1.807, 2.05) is 12.1 Å². The number of hydrogen-bond acceptors (Lipinski definition) is 11. The van der Waals surface area contributed by atoms with Crippen molar-refractivity contribution in [3.05, 3.63) is 23.9 Å². The molecule has 2 fully saturated rings. The molecule has 0 spiro atoms. The van der Waals surface area contributed by atoms with Crippen LogP contribution >= 0.6 is 0 Å². The number of nitrogens with one attached hydrogen (secondary N) is 1. The molecule has 0 radical (unpaired) electrons. The van der Waals surface area contributed by atoms with Crippen LogP contribution in [0.3, 0.4) is 0 Å². The van der Waals surface area contributed by atoms with E-state index >= 15 is 0 Å². The van der Waals surface area contributed by atoms with Crippen LogP contribution in [0.25, 0.3) is 11.0 Å². The third kappa shape index (κ3) is 10.3. The number of carbonyl (C=O) groups excluding carboxylic acids is 3. The van der Waals surface area contributed by atoms with Gasteiger partial charge in [-0.15, -0.1) is 0 Å². The summed E-state index contributed by atoms with van der Waals surface area (Å²) in [5.74, 6) is -0.450. The molecule has 1 saturated heterocycles. The minimum absolute atomic E-state index is 0.113. The Hall–Kier alpha value is -4.36. The number of methoxy groups -OCH3 is 2. The average Bonchev–Trinajstić information content (AvgIpc) is 3.60. The lowest BCUT2D eigenvalue weighted by Gasteiger charge is -2.27. The Morgan fingerprint density at radius 1 is 1.00 bits per heavy atom. The van der Waals surface area contributed by atoms with E-state index in [-0.39, 0.29) is 25.0 Å². The lowest BCUT2D eigenvalue weighted by molar-refractivity contribution is -0.145. The lowest BCUT2D eigenvalue weighted by atomic mass is 9.87. The van der Waals surface area contributed by atoms with Crippen molar-refractivity contribution < 1.29 is 48.0 Å². The largest absolute Gasteiger partial charge is 0.497 e. The zero-order valence-corrected chi connectivity index (χ0v) is 29.7. The van der Waals surface area contributed by atoms with Crippen LogP contribution in [0.4, 0.5) is 9.59 Å². The molecule has 5 atom stereocenters. The zero-order valence-electron chi connectivity index (χ0n) is 29.7. The fourth-order valence-corrected chi connectivity index (χ4v) is 5.84. The molecule has 270 valence electrons. The number of benzene rings is 1. The van der Waals surface area contributed by atoms with Gasteiger partial charge in [0.05, 0.1) is 31.8 Å². The number of amides is 2.